The van der Waals surface area contributed by atoms with Crippen LogP contribution < -0.4 is 10.5 Å². The maximum absolute atomic E-state index is 8.89. The summed E-state index contributed by atoms with van der Waals surface area (Å²) in [4.78, 5) is 0. The Bertz CT molecular complexity index is 522. The van der Waals surface area contributed by atoms with Gasteiger partial charge in [-0.2, -0.15) is 0 Å². The molecule has 1 atom stereocenters. The average Bonchev–Trinajstić information content (AvgIpc) is 2.83. The molecule has 3 N–H and O–H groups in total. The van der Waals surface area contributed by atoms with Crippen molar-refractivity contribution in [1.82, 2.24) is 9.59 Å². The van der Waals surface area contributed by atoms with Gasteiger partial charge in [-0.1, -0.05) is 28.2 Å². The maximum Gasteiger partial charge on any atom is 0.141 e. The number of halogens is 2. The van der Waals surface area contributed by atoms with Crippen LogP contribution >= 0.6 is 35.5 Å². The average molecular weight is 336 g/mol. The molecule has 5 nitrogen and oxygen atoms in total. The van der Waals surface area contributed by atoms with Crippen LogP contribution in [0, 0.1) is 0 Å². The van der Waals surface area contributed by atoms with E-state index in [1.165, 1.54) is 0 Å². The topological polar surface area (TPSA) is 81.3 Å². The summed E-state index contributed by atoms with van der Waals surface area (Å²) in [7, 11) is 0. The molecule has 0 bridgehead atoms. The summed E-state index contributed by atoms with van der Waals surface area (Å²) < 4.78 is 9.84. The van der Waals surface area contributed by atoms with Gasteiger partial charge < -0.3 is 15.6 Å². The third kappa shape index (κ3) is 4.88. The van der Waals surface area contributed by atoms with Gasteiger partial charge in [-0.05, 0) is 24.1 Å². The van der Waals surface area contributed by atoms with Crippen molar-refractivity contribution in [1.29, 1.82) is 0 Å². The summed E-state index contributed by atoms with van der Waals surface area (Å²) in [6, 6.07) is 7.32. The first-order valence-electron chi connectivity index (χ1n) is 5.74. The van der Waals surface area contributed by atoms with Crippen LogP contribution in [0.3, 0.4) is 0 Å². The summed E-state index contributed by atoms with van der Waals surface area (Å²) in [5.74, 6) is 0.727. The second-order valence-corrected chi connectivity index (χ2v) is 5.43. The van der Waals surface area contributed by atoms with E-state index >= 15 is 0 Å². The van der Waals surface area contributed by atoms with E-state index < -0.39 is 0 Å². The van der Waals surface area contributed by atoms with Gasteiger partial charge in [-0.15, -0.1) is 17.5 Å². The molecule has 0 spiro atoms. The van der Waals surface area contributed by atoms with Crippen LogP contribution in [0.25, 0.3) is 0 Å². The highest BCUT2D eigenvalue weighted by atomic mass is 35.5. The fourth-order valence-electron chi connectivity index (χ4n) is 1.52. The van der Waals surface area contributed by atoms with Gasteiger partial charge in [0.05, 0.1) is 6.61 Å². The predicted octanol–water partition coefficient (Wildman–Crippen LogP) is 2.05. The van der Waals surface area contributed by atoms with Gasteiger partial charge in [0.25, 0.3) is 0 Å². The lowest BCUT2D eigenvalue weighted by molar-refractivity contribution is 0.265. The molecule has 20 heavy (non-hydrogen) atoms. The third-order valence-corrected chi connectivity index (χ3v) is 3.53. The minimum Gasteiger partial charge on any atom is -0.487 e. The van der Waals surface area contributed by atoms with E-state index in [1.54, 1.807) is 0 Å². The van der Waals surface area contributed by atoms with Crippen LogP contribution in [-0.2, 0) is 13.0 Å². The quantitative estimate of drug-likeness (QED) is 0.844. The summed E-state index contributed by atoms with van der Waals surface area (Å²) in [6.45, 7) is 0.276. The monoisotopic (exact) mass is 335 g/mol. The molecule has 2 aromatic rings. The number of nitrogens with two attached hydrogens (primary N) is 1. The molecule has 110 valence electrons. The van der Waals surface area contributed by atoms with Crippen molar-refractivity contribution >= 4 is 35.5 Å². The lowest BCUT2D eigenvalue weighted by Gasteiger charge is -2.09. The van der Waals surface area contributed by atoms with E-state index in [2.05, 4.69) is 9.59 Å². The van der Waals surface area contributed by atoms with E-state index in [0.717, 1.165) is 22.8 Å². The van der Waals surface area contributed by atoms with Crippen LogP contribution in [0.1, 0.15) is 11.3 Å². The number of aliphatic hydroxyl groups excluding tert-OH is 1. The predicted molar refractivity (Wildman–Crippen MR) is 81.7 cm³/mol. The molecule has 0 amide bonds. The second-order valence-electron chi connectivity index (χ2n) is 4.07. The molecule has 0 aliphatic rings. The number of ether oxygens (including phenoxy) is 1. The SMILES string of the molecule is Cl.NC(CO)Cc1ccc(OCc2nnsc2Cl)cc1. The van der Waals surface area contributed by atoms with Crippen LogP contribution in [0.4, 0.5) is 0 Å². The fourth-order valence-corrected chi connectivity index (χ4v) is 2.13. The first kappa shape index (κ1) is 17.1. The Morgan fingerprint density at radius 2 is 2.05 bits per heavy atom. The first-order chi connectivity index (χ1) is 9.19. The smallest absolute Gasteiger partial charge is 0.141 e. The van der Waals surface area contributed by atoms with Crippen molar-refractivity contribution in [3.05, 3.63) is 39.9 Å². The zero-order valence-electron chi connectivity index (χ0n) is 10.5. The van der Waals surface area contributed by atoms with Gasteiger partial charge in [0, 0.05) is 17.6 Å². The van der Waals surface area contributed by atoms with Crippen LogP contribution in [0.5, 0.6) is 5.75 Å². The molecular weight excluding hydrogens is 321 g/mol. The number of aromatic nitrogens is 2. The van der Waals surface area contributed by atoms with Gasteiger partial charge in [-0.25, -0.2) is 0 Å². The van der Waals surface area contributed by atoms with Crippen LogP contribution in [-0.4, -0.2) is 27.3 Å². The summed E-state index contributed by atoms with van der Waals surface area (Å²) in [5, 5.41) is 12.8. The van der Waals surface area contributed by atoms with E-state index in [1.807, 2.05) is 24.3 Å². The molecule has 1 unspecified atom stereocenters. The molecule has 8 heteroatoms. The molecule has 0 aliphatic carbocycles. The minimum absolute atomic E-state index is 0. The number of hydrogen-bond acceptors (Lipinski definition) is 6. The van der Waals surface area contributed by atoms with Crippen molar-refractivity contribution in [2.24, 2.45) is 5.73 Å². The van der Waals surface area contributed by atoms with Crippen molar-refractivity contribution in [2.45, 2.75) is 19.1 Å². The van der Waals surface area contributed by atoms with E-state index in [9.17, 15) is 0 Å². The number of rotatable bonds is 6. The van der Waals surface area contributed by atoms with E-state index in [-0.39, 0.29) is 25.1 Å². The fraction of sp³-hybridized carbons (Fsp3) is 0.333. The van der Waals surface area contributed by atoms with E-state index in [4.69, 9.17) is 27.2 Å². The lowest BCUT2D eigenvalue weighted by Crippen LogP contribution is -2.26. The number of nitrogens with zero attached hydrogens (tertiary/aromatic N) is 2. The van der Waals surface area contributed by atoms with Crippen molar-refractivity contribution < 1.29 is 9.84 Å². The molecule has 0 fully saturated rings. The summed E-state index contributed by atoms with van der Waals surface area (Å²) >= 11 is 7.02. The Kier molecular flexibility index (Phi) is 7.18. The lowest BCUT2D eigenvalue weighted by atomic mass is 10.1. The van der Waals surface area contributed by atoms with E-state index in [0.29, 0.717) is 23.1 Å². The standard InChI is InChI=1S/C12H14ClN3O2S.ClH/c13-12-11(15-16-19-12)7-18-10-3-1-8(2-4-10)5-9(14)6-17;/h1-4,9,17H,5-7,14H2;1H. The number of hydrogen-bond donors (Lipinski definition) is 2. The van der Waals surface area contributed by atoms with Gasteiger partial charge in [0.15, 0.2) is 0 Å². The molecule has 1 aromatic carbocycles. The first-order valence-corrected chi connectivity index (χ1v) is 6.89. The Balaban J connectivity index is 0.00000200. The van der Waals surface area contributed by atoms with Crippen LogP contribution in [0.15, 0.2) is 24.3 Å². The molecule has 2 rings (SSSR count). The molecular formula is C12H15Cl2N3O2S. The molecule has 0 saturated carbocycles. The zero-order chi connectivity index (χ0) is 13.7. The van der Waals surface area contributed by atoms with Gasteiger partial charge in [0.2, 0.25) is 0 Å². The van der Waals surface area contributed by atoms with Crippen molar-refractivity contribution in [2.75, 3.05) is 6.61 Å². The third-order valence-electron chi connectivity index (χ3n) is 2.54. The molecule has 0 radical (unpaired) electrons. The number of benzene rings is 1. The summed E-state index contributed by atoms with van der Waals surface area (Å²) in [5.41, 5.74) is 7.37. The summed E-state index contributed by atoms with van der Waals surface area (Å²) in [6.07, 6.45) is 0.638. The Morgan fingerprint density at radius 3 is 2.60 bits per heavy atom. The second kappa shape index (κ2) is 8.39. The minimum atomic E-state index is -0.230. The highest BCUT2D eigenvalue weighted by Gasteiger charge is 2.06. The van der Waals surface area contributed by atoms with Gasteiger partial charge >= 0.3 is 0 Å². The normalized spacial score (nSPS) is 11.8. The molecule has 1 aromatic heterocycles. The highest BCUT2D eigenvalue weighted by molar-refractivity contribution is 7.10. The zero-order valence-corrected chi connectivity index (χ0v) is 12.9. The van der Waals surface area contributed by atoms with Gasteiger partial charge in [-0.3, -0.25) is 0 Å². The van der Waals surface area contributed by atoms with Crippen molar-refractivity contribution in [3.8, 4) is 5.75 Å². The van der Waals surface area contributed by atoms with Crippen molar-refractivity contribution in [3.63, 3.8) is 0 Å². The molecule has 0 saturated heterocycles. The van der Waals surface area contributed by atoms with Gasteiger partial charge in [0.1, 0.15) is 22.4 Å². The Hall–Kier alpha value is -0.920. The molecule has 0 aliphatic heterocycles. The Labute approximate surface area is 132 Å². The largest absolute Gasteiger partial charge is 0.487 e. The maximum atomic E-state index is 8.89. The van der Waals surface area contributed by atoms with Crippen LogP contribution in [0.2, 0.25) is 4.34 Å². The Morgan fingerprint density at radius 1 is 1.35 bits per heavy atom. The number of aliphatic hydroxyl groups is 1. The molecule has 1 heterocycles. The highest BCUT2D eigenvalue weighted by Crippen LogP contribution is 2.20.